The predicted octanol–water partition coefficient (Wildman–Crippen LogP) is 5.14. The number of Topliss-reactive ketones (excluding diaryl/α,β-unsaturated/α-hetero) is 4. The Morgan fingerprint density at radius 2 is 1.17 bits per heavy atom. The second-order valence-electron chi connectivity index (χ2n) is 17.0. The van der Waals surface area contributed by atoms with Gasteiger partial charge in [0, 0.05) is 56.3 Å². The zero-order chi connectivity index (χ0) is 47.7. The van der Waals surface area contributed by atoms with Crippen molar-refractivity contribution in [3.8, 4) is 5.75 Å². The first-order chi connectivity index (χ1) is 30.7. The lowest BCUT2D eigenvalue weighted by Gasteiger charge is -2.25. The number of amides is 4. The third-order valence-electron chi connectivity index (χ3n) is 11.5. The Balaban J connectivity index is 3.23. The zero-order valence-electron chi connectivity index (χ0n) is 38.9. The van der Waals surface area contributed by atoms with E-state index < -0.39 is 65.0 Å². The second-order valence-corrected chi connectivity index (χ2v) is 18.0. The summed E-state index contributed by atoms with van der Waals surface area (Å²) in [7, 11) is 0. The van der Waals surface area contributed by atoms with Crippen LogP contribution in [0.3, 0.4) is 0 Å². The number of phenols is 1. The fourth-order valence-electron chi connectivity index (χ4n) is 7.57. The first-order valence-corrected chi connectivity index (χ1v) is 25.0. The molecule has 5 atom stereocenters. The van der Waals surface area contributed by atoms with E-state index in [9.17, 15) is 43.5 Å². The molecule has 0 aliphatic rings. The highest BCUT2D eigenvalue weighted by Gasteiger charge is 2.32. The average Bonchev–Trinajstić information content (AvgIpc) is 3.27. The monoisotopic (exact) mass is 917 g/mol. The molecule has 0 radical (unpaired) electrons. The molecule has 0 heterocycles. The minimum atomic E-state index is -1.24. The Labute approximate surface area is 386 Å². The van der Waals surface area contributed by atoms with Crippen molar-refractivity contribution in [1.82, 2.24) is 16.0 Å². The largest absolute Gasteiger partial charge is 0.508 e. The van der Waals surface area contributed by atoms with Gasteiger partial charge in [-0.3, -0.25) is 38.4 Å². The maximum absolute atomic E-state index is 14.1. The van der Waals surface area contributed by atoms with E-state index >= 15 is 0 Å². The van der Waals surface area contributed by atoms with Gasteiger partial charge in [0.1, 0.15) is 11.5 Å². The lowest BCUT2D eigenvalue weighted by Crippen LogP contribution is -2.48. The van der Waals surface area contributed by atoms with E-state index in [1.807, 2.05) is 6.26 Å². The van der Waals surface area contributed by atoms with Crippen molar-refractivity contribution in [3.63, 3.8) is 0 Å². The van der Waals surface area contributed by atoms with Gasteiger partial charge in [-0.25, -0.2) is 0 Å². The summed E-state index contributed by atoms with van der Waals surface area (Å²) in [4.78, 5) is 106. The van der Waals surface area contributed by atoms with E-state index in [1.54, 1.807) is 30.8 Å². The molecule has 4 amide bonds. The molecule has 1 aromatic rings. The highest BCUT2D eigenvalue weighted by atomic mass is 32.2. The molecule has 1 rings (SSSR count). The Bertz CT molecular complexity index is 1580. The first-order valence-electron chi connectivity index (χ1n) is 23.6. The first kappa shape index (κ1) is 57.9. The second kappa shape index (κ2) is 35.2. The van der Waals surface area contributed by atoms with Crippen molar-refractivity contribution in [3.05, 3.63) is 29.8 Å². The summed E-state index contributed by atoms with van der Waals surface area (Å²) in [6.45, 7) is 4.32. The zero-order valence-corrected chi connectivity index (χ0v) is 39.8. The standard InChI is InChI=1S/C48H80N6O9S/c1-4-6-7-8-9-10-11-17-39(56)30-36(25-28-64-3)46(61)52-33-40(57)31-37(29-34-19-21-38(55)22-20-34)48(63)54-42(23-24-45(51)60)44(59)32-35(16-12-14-26-49)47(62)53-41(43(58)5-2)18-13-15-27-50/h19-22,35-37,41-42,55H,4-18,23-33,49-50H2,1-3H3,(H2,51,60)(H,52,61)(H,53,62)(H,54,63)/t35-,36-,37-,41+,42+/m1/s1. The number of ketones is 4. The van der Waals surface area contributed by atoms with Crippen LogP contribution in [0.4, 0.5) is 0 Å². The summed E-state index contributed by atoms with van der Waals surface area (Å²) < 4.78 is 0. The Morgan fingerprint density at radius 1 is 0.609 bits per heavy atom. The van der Waals surface area contributed by atoms with Crippen LogP contribution in [0.15, 0.2) is 24.3 Å². The lowest BCUT2D eigenvalue weighted by molar-refractivity contribution is -0.135. The van der Waals surface area contributed by atoms with Crippen molar-refractivity contribution in [1.29, 1.82) is 0 Å². The highest BCUT2D eigenvalue weighted by molar-refractivity contribution is 7.98. The molecule has 16 heteroatoms. The molecule has 0 fully saturated rings. The number of hydrogen-bond donors (Lipinski definition) is 7. The Hall–Kier alpha value is -4.15. The van der Waals surface area contributed by atoms with E-state index in [1.165, 1.54) is 31.4 Å². The van der Waals surface area contributed by atoms with Crippen molar-refractivity contribution in [2.75, 3.05) is 31.6 Å². The number of benzene rings is 1. The van der Waals surface area contributed by atoms with E-state index in [-0.39, 0.29) is 75.2 Å². The molecule has 0 saturated heterocycles. The smallest absolute Gasteiger partial charge is 0.224 e. The maximum Gasteiger partial charge on any atom is 0.224 e. The topological polar surface area (TPSA) is 271 Å². The van der Waals surface area contributed by atoms with Crippen LogP contribution in [-0.4, -0.2) is 95.6 Å². The number of nitrogens with one attached hydrogen (secondary N) is 3. The van der Waals surface area contributed by atoms with Crippen LogP contribution in [0.25, 0.3) is 0 Å². The molecule has 0 saturated carbocycles. The van der Waals surface area contributed by atoms with Crippen molar-refractivity contribution in [2.24, 2.45) is 35.0 Å². The van der Waals surface area contributed by atoms with Gasteiger partial charge in [0.05, 0.1) is 18.6 Å². The van der Waals surface area contributed by atoms with Gasteiger partial charge in [-0.15, -0.1) is 0 Å². The van der Waals surface area contributed by atoms with E-state index in [0.717, 1.165) is 25.7 Å². The summed E-state index contributed by atoms with van der Waals surface area (Å²) in [5.41, 5.74) is 17.5. The number of aromatic hydroxyl groups is 1. The summed E-state index contributed by atoms with van der Waals surface area (Å²) in [5.74, 6) is -5.18. The molecule has 64 heavy (non-hydrogen) atoms. The molecule has 0 bridgehead atoms. The van der Waals surface area contributed by atoms with Crippen LogP contribution in [0.5, 0.6) is 5.75 Å². The van der Waals surface area contributed by atoms with Crippen LogP contribution < -0.4 is 33.2 Å². The number of carbonyl (C=O) groups excluding carboxylic acids is 8. The van der Waals surface area contributed by atoms with E-state index in [0.29, 0.717) is 69.4 Å². The number of hydrogen-bond acceptors (Lipinski definition) is 12. The molecule has 1 aromatic carbocycles. The summed E-state index contributed by atoms with van der Waals surface area (Å²) in [6, 6.07) is 4.12. The van der Waals surface area contributed by atoms with Crippen molar-refractivity contribution >= 4 is 58.5 Å². The number of carbonyl (C=O) groups is 8. The molecule has 0 unspecified atom stereocenters. The van der Waals surface area contributed by atoms with Gasteiger partial charge in [0.2, 0.25) is 23.6 Å². The van der Waals surface area contributed by atoms with Crippen molar-refractivity contribution < 1.29 is 43.5 Å². The molecule has 10 N–H and O–H groups in total. The van der Waals surface area contributed by atoms with Gasteiger partial charge in [-0.1, -0.05) is 70.9 Å². The third kappa shape index (κ3) is 26.0. The fraction of sp³-hybridized carbons (Fsp3) is 0.708. The number of phenolic OH excluding ortho intramolecular Hbond substituents is 1. The molecular formula is C48H80N6O9S. The van der Waals surface area contributed by atoms with Gasteiger partial charge in [0.15, 0.2) is 17.3 Å². The van der Waals surface area contributed by atoms with Crippen LogP contribution in [-0.2, 0) is 44.8 Å². The summed E-state index contributed by atoms with van der Waals surface area (Å²) in [5, 5.41) is 18.2. The van der Waals surface area contributed by atoms with Crippen LogP contribution in [0.2, 0.25) is 0 Å². The lowest BCUT2D eigenvalue weighted by atomic mass is 9.89. The van der Waals surface area contributed by atoms with Gasteiger partial charge in [-0.05, 0) is 101 Å². The Morgan fingerprint density at radius 3 is 1.77 bits per heavy atom. The minimum absolute atomic E-state index is 0.00330. The number of thioether (sulfide) groups is 1. The molecule has 0 aliphatic carbocycles. The van der Waals surface area contributed by atoms with E-state index in [2.05, 4.69) is 22.9 Å². The average molecular weight is 917 g/mol. The van der Waals surface area contributed by atoms with Crippen LogP contribution in [0, 0.1) is 17.8 Å². The maximum atomic E-state index is 14.1. The molecule has 0 aliphatic heterocycles. The molecular weight excluding hydrogens is 837 g/mol. The molecule has 15 nitrogen and oxygen atoms in total. The van der Waals surface area contributed by atoms with Gasteiger partial charge < -0.3 is 38.3 Å². The molecule has 362 valence electrons. The Kier molecular flexibility index (Phi) is 31.8. The number of unbranched alkanes of at least 4 members (excludes halogenated alkanes) is 8. The third-order valence-corrected chi connectivity index (χ3v) is 12.2. The fourth-order valence-corrected chi connectivity index (χ4v) is 8.09. The van der Waals surface area contributed by atoms with Crippen LogP contribution in [0.1, 0.15) is 154 Å². The SMILES string of the molecule is CCCCCCCCCC(=O)C[C@@H](CCSC)C(=O)NCC(=O)C[C@@H](Cc1ccc(O)cc1)C(=O)N[C@@H](CCC(N)=O)C(=O)C[C@@H](CCCCN)C(=O)N[C@@H](CCCCN)C(=O)CC. The quantitative estimate of drug-likeness (QED) is 0.0422. The summed E-state index contributed by atoms with van der Waals surface area (Å²) >= 11 is 1.56. The predicted molar refractivity (Wildman–Crippen MR) is 253 cm³/mol. The van der Waals surface area contributed by atoms with Gasteiger partial charge in [0.25, 0.3) is 0 Å². The van der Waals surface area contributed by atoms with Gasteiger partial charge >= 0.3 is 0 Å². The van der Waals surface area contributed by atoms with Crippen LogP contribution >= 0.6 is 11.8 Å². The number of nitrogens with two attached hydrogens (primary N) is 3. The van der Waals surface area contributed by atoms with E-state index in [4.69, 9.17) is 17.2 Å². The number of primary amides is 1. The number of rotatable bonds is 40. The highest BCUT2D eigenvalue weighted by Crippen LogP contribution is 2.21. The minimum Gasteiger partial charge on any atom is -0.508 e. The molecule has 0 spiro atoms. The van der Waals surface area contributed by atoms with Gasteiger partial charge in [-0.2, -0.15) is 11.8 Å². The normalized spacial score (nSPS) is 13.5. The molecule has 0 aromatic heterocycles. The van der Waals surface area contributed by atoms with Crippen molar-refractivity contribution in [2.45, 2.75) is 167 Å². The summed E-state index contributed by atoms with van der Waals surface area (Å²) in [6.07, 6.45) is 12.8.